The number of unbranched alkanes of at least 4 members (excludes halogenated alkanes) is 1. The minimum absolute atomic E-state index is 0.00602. The molecule has 1 aliphatic heterocycles. The van der Waals surface area contributed by atoms with Crippen molar-refractivity contribution in [1.82, 2.24) is 15.2 Å². The van der Waals surface area contributed by atoms with Crippen LogP contribution in [0.25, 0.3) is 10.4 Å². The molecular weight excluding hydrogens is 542 g/mol. The van der Waals surface area contributed by atoms with Gasteiger partial charge in [-0.05, 0) is 43.2 Å². The number of hydrogen-bond donors (Lipinski definition) is 4. The van der Waals surface area contributed by atoms with Crippen LogP contribution in [0.15, 0.2) is 29.8 Å². The number of aromatic nitrogens is 1. The molecule has 224 valence electrons. The maximum atomic E-state index is 14.0. The van der Waals surface area contributed by atoms with Gasteiger partial charge >= 0.3 is 0 Å². The van der Waals surface area contributed by atoms with Gasteiger partial charge in [0.05, 0.1) is 34.1 Å². The Bertz CT molecular complexity index is 1240. The first kappa shape index (κ1) is 32.2. The van der Waals surface area contributed by atoms with Crippen molar-refractivity contribution in [2.75, 3.05) is 6.54 Å². The number of likely N-dealkylation sites (tertiary alicyclic amines) is 1. The Hall–Kier alpha value is -3.31. The highest BCUT2D eigenvalue weighted by atomic mass is 32.1. The number of nitrogens with two attached hydrogens (primary N) is 2. The molecule has 0 spiro atoms. The van der Waals surface area contributed by atoms with Crippen LogP contribution < -0.4 is 16.8 Å². The normalized spacial score (nSPS) is 19.4. The number of hydrogen-bond acceptors (Lipinski definition) is 7. The Morgan fingerprint density at radius 1 is 1.15 bits per heavy atom. The minimum atomic E-state index is -0.882. The zero-order chi connectivity index (χ0) is 30.5. The molecule has 4 amide bonds. The molecular formula is C30H43N5O5S. The number of thiazole rings is 1. The van der Waals surface area contributed by atoms with Crippen LogP contribution in [-0.4, -0.2) is 57.3 Å². The first-order valence-corrected chi connectivity index (χ1v) is 15.0. The van der Waals surface area contributed by atoms with Gasteiger partial charge in [-0.1, -0.05) is 51.5 Å². The van der Waals surface area contributed by atoms with E-state index in [-0.39, 0.29) is 37.2 Å². The molecule has 3 rings (SSSR count). The van der Waals surface area contributed by atoms with Gasteiger partial charge in [0.25, 0.3) is 0 Å². The second kappa shape index (κ2) is 13.6. The van der Waals surface area contributed by atoms with Gasteiger partial charge in [0.2, 0.25) is 23.6 Å². The Morgan fingerprint density at radius 2 is 1.80 bits per heavy atom. The number of amides is 4. The highest BCUT2D eigenvalue weighted by molar-refractivity contribution is 7.13. The number of carbonyl (C=O) groups excluding carboxylic acids is 4. The van der Waals surface area contributed by atoms with Crippen molar-refractivity contribution in [1.29, 1.82) is 0 Å². The van der Waals surface area contributed by atoms with Gasteiger partial charge < -0.3 is 26.8 Å². The maximum Gasteiger partial charge on any atom is 0.243 e. The summed E-state index contributed by atoms with van der Waals surface area (Å²) in [6, 6.07) is 6.68. The molecule has 11 heteroatoms. The van der Waals surface area contributed by atoms with Gasteiger partial charge in [-0.3, -0.25) is 19.2 Å². The highest BCUT2D eigenvalue weighted by Gasteiger charge is 2.47. The predicted molar refractivity (Wildman–Crippen MR) is 158 cm³/mol. The number of β-amino-alcohol motifs (C(OH)–C–C–N with tert-alkyl or cyclic N) is 1. The molecule has 5 atom stereocenters. The number of nitrogens with zero attached hydrogens (tertiary/aromatic N) is 2. The van der Waals surface area contributed by atoms with Crippen molar-refractivity contribution in [2.24, 2.45) is 28.7 Å². The second-order valence-corrected chi connectivity index (χ2v) is 12.9. The van der Waals surface area contributed by atoms with Crippen molar-refractivity contribution >= 4 is 35.0 Å². The number of carbonyl (C=O) groups is 4. The Labute approximate surface area is 245 Å². The van der Waals surface area contributed by atoms with E-state index >= 15 is 0 Å². The Kier molecular flexibility index (Phi) is 10.7. The van der Waals surface area contributed by atoms with Gasteiger partial charge in [0, 0.05) is 25.3 Å². The SMILES string of the molecule is Cc1ncsc1-c1ccc([C@H](C)NC(=O)[C@@H]2C[C@@H](O)CN2C(=O)[C@@H](C(CCCCC(N)=O)C(N)=O)C(C)(C)C)cc1. The lowest BCUT2D eigenvalue weighted by atomic mass is 9.70. The lowest BCUT2D eigenvalue weighted by Crippen LogP contribution is -2.53. The average molecular weight is 586 g/mol. The summed E-state index contributed by atoms with van der Waals surface area (Å²) in [6.07, 6.45) is 0.728. The number of primary amides is 2. The van der Waals surface area contributed by atoms with Crippen LogP contribution in [0.1, 0.15) is 77.1 Å². The average Bonchev–Trinajstić information content (AvgIpc) is 3.49. The van der Waals surface area contributed by atoms with Gasteiger partial charge in [-0.25, -0.2) is 4.98 Å². The van der Waals surface area contributed by atoms with Crippen LogP contribution in [0.2, 0.25) is 0 Å². The molecule has 0 aliphatic carbocycles. The van der Waals surface area contributed by atoms with Gasteiger partial charge in [0.1, 0.15) is 6.04 Å². The summed E-state index contributed by atoms with van der Waals surface area (Å²) in [4.78, 5) is 58.0. The van der Waals surface area contributed by atoms with E-state index in [2.05, 4.69) is 10.3 Å². The van der Waals surface area contributed by atoms with E-state index in [1.807, 2.05) is 64.4 Å². The topological polar surface area (TPSA) is 169 Å². The van der Waals surface area contributed by atoms with E-state index in [1.54, 1.807) is 11.3 Å². The number of aliphatic hydroxyl groups is 1. The Balaban J connectivity index is 1.76. The zero-order valence-electron chi connectivity index (χ0n) is 24.6. The third-order valence-electron chi connectivity index (χ3n) is 7.80. The number of aryl methyl sites for hydroxylation is 1. The largest absolute Gasteiger partial charge is 0.391 e. The molecule has 0 saturated carbocycles. The summed E-state index contributed by atoms with van der Waals surface area (Å²) in [5.74, 6) is -3.39. The van der Waals surface area contributed by atoms with Crippen LogP contribution in [0.4, 0.5) is 0 Å². The zero-order valence-corrected chi connectivity index (χ0v) is 25.4. The van der Waals surface area contributed by atoms with Gasteiger partial charge in [0.15, 0.2) is 0 Å². The quantitative estimate of drug-likeness (QED) is 0.279. The fraction of sp³-hybridized carbons (Fsp3) is 0.567. The number of rotatable bonds is 12. The lowest BCUT2D eigenvalue weighted by Gasteiger charge is -2.38. The third kappa shape index (κ3) is 8.13. The van der Waals surface area contributed by atoms with Crippen molar-refractivity contribution in [2.45, 2.75) is 84.9 Å². The molecule has 1 aliphatic rings. The minimum Gasteiger partial charge on any atom is -0.391 e. The number of aliphatic hydroxyl groups excluding tert-OH is 1. The standard InChI is InChI=1S/C30H43N5O5S/c1-17(19-10-12-20(13-11-19)26-18(2)33-16-41-26)34-28(39)23-14-21(36)15-35(23)29(40)25(30(3,4)5)22(27(32)38)8-6-7-9-24(31)37/h10-13,16-17,21-23,25,36H,6-9,14-15H2,1-5H3,(H2,31,37)(H2,32,38)(H,34,39)/t17-,21+,22?,23-,25+/m0/s1. The van der Waals surface area contributed by atoms with E-state index in [0.717, 1.165) is 21.7 Å². The molecule has 41 heavy (non-hydrogen) atoms. The van der Waals surface area contributed by atoms with E-state index < -0.39 is 41.2 Å². The summed E-state index contributed by atoms with van der Waals surface area (Å²) >= 11 is 1.57. The van der Waals surface area contributed by atoms with E-state index in [4.69, 9.17) is 11.5 Å². The van der Waals surface area contributed by atoms with Gasteiger partial charge in [-0.15, -0.1) is 11.3 Å². The van der Waals surface area contributed by atoms with Crippen LogP contribution >= 0.6 is 11.3 Å². The van der Waals surface area contributed by atoms with Crippen LogP contribution in [0.3, 0.4) is 0 Å². The predicted octanol–water partition coefficient (Wildman–Crippen LogP) is 3.07. The van der Waals surface area contributed by atoms with E-state index in [0.29, 0.717) is 19.3 Å². The van der Waals surface area contributed by atoms with Crippen LogP contribution in [0.5, 0.6) is 0 Å². The molecule has 1 aromatic carbocycles. The first-order valence-electron chi connectivity index (χ1n) is 14.1. The van der Waals surface area contributed by atoms with Crippen LogP contribution in [0, 0.1) is 24.2 Å². The molecule has 1 unspecified atom stereocenters. The van der Waals surface area contributed by atoms with Gasteiger partial charge in [-0.2, -0.15) is 0 Å². The Morgan fingerprint density at radius 3 is 2.34 bits per heavy atom. The van der Waals surface area contributed by atoms with Crippen molar-refractivity contribution in [3.63, 3.8) is 0 Å². The highest BCUT2D eigenvalue weighted by Crippen LogP contribution is 2.38. The molecule has 2 aromatic rings. The summed E-state index contributed by atoms with van der Waals surface area (Å²) in [7, 11) is 0. The molecule has 2 heterocycles. The third-order valence-corrected chi connectivity index (χ3v) is 8.77. The van der Waals surface area contributed by atoms with Crippen molar-refractivity contribution in [3.05, 3.63) is 41.0 Å². The van der Waals surface area contributed by atoms with E-state index in [9.17, 15) is 24.3 Å². The lowest BCUT2D eigenvalue weighted by molar-refractivity contribution is -0.149. The monoisotopic (exact) mass is 585 g/mol. The second-order valence-electron chi connectivity index (χ2n) is 12.1. The first-order chi connectivity index (χ1) is 19.2. The maximum absolute atomic E-state index is 14.0. The molecule has 1 aromatic heterocycles. The molecule has 1 fully saturated rings. The molecule has 0 bridgehead atoms. The fourth-order valence-corrected chi connectivity index (χ4v) is 6.47. The number of benzene rings is 1. The molecule has 1 saturated heterocycles. The molecule has 0 radical (unpaired) electrons. The summed E-state index contributed by atoms with van der Waals surface area (Å²) in [5, 5.41) is 13.5. The van der Waals surface area contributed by atoms with Crippen LogP contribution in [-0.2, 0) is 19.2 Å². The van der Waals surface area contributed by atoms with Crippen molar-refractivity contribution < 1.29 is 24.3 Å². The molecule has 10 nitrogen and oxygen atoms in total. The summed E-state index contributed by atoms with van der Waals surface area (Å²) in [5.41, 5.74) is 15.1. The van der Waals surface area contributed by atoms with E-state index in [1.165, 1.54) is 4.90 Å². The number of nitrogens with one attached hydrogen (secondary N) is 1. The smallest absolute Gasteiger partial charge is 0.243 e. The van der Waals surface area contributed by atoms with Crippen molar-refractivity contribution in [3.8, 4) is 10.4 Å². The molecule has 6 N–H and O–H groups in total. The summed E-state index contributed by atoms with van der Waals surface area (Å²) in [6.45, 7) is 9.40. The summed E-state index contributed by atoms with van der Waals surface area (Å²) < 4.78 is 0. The fourth-order valence-electron chi connectivity index (χ4n) is 5.66.